The predicted molar refractivity (Wildman–Crippen MR) is 83.1 cm³/mol. The molecule has 0 saturated carbocycles. The summed E-state index contributed by atoms with van der Waals surface area (Å²) < 4.78 is 13.3. The average molecular weight is 301 g/mol. The molecule has 4 nitrogen and oxygen atoms in total. The van der Waals surface area contributed by atoms with Crippen LogP contribution < -0.4 is 4.90 Å². The van der Waals surface area contributed by atoms with Gasteiger partial charge in [-0.15, -0.1) is 0 Å². The van der Waals surface area contributed by atoms with Gasteiger partial charge in [-0.3, -0.25) is 4.98 Å². The fourth-order valence-electron chi connectivity index (χ4n) is 3.14. The van der Waals surface area contributed by atoms with Gasteiger partial charge < -0.3 is 10.0 Å². The molecule has 22 heavy (non-hydrogen) atoms. The first-order valence-corrected chi connectivity index (χ1v) is 7.57. The van der Waals surface area contributed by atoms with Crippen LogP contribution in [0.2, 0.25) is 0 Å². The molecule has 0 spiro atoms. The quantitative estimate of drug-likeness (QED) is 0.942. The molecule has 1 aliphatic heterocycles. The van der Waals surface area contributed by atoms with Crippen molar-refractivity contribution in [3.8, 4) is 0 Å². The summed E-state index contributed by atoms with van der Waals surface area (Å²) in [6, 6.07) is 6.66. The van der Waals surface area contributed by atoms with Crippen LogP contribution in [0.1, 0.15) is 18.4 Å². The van der Waals surface area contributed by atoms with E-state index in [1.807, 2.05) is 6.07 Å². The molecule has 0 bridgehead atoms. The van der Waals surface area contributed by atoms with Crippen LogP contribution in [0.5, 0.6) is 0 Å². The molecule has 2 aromatic rings. The third-order valence-electron chi connectivity index (χ3n) is 4.50. The number of benzene rings is 1. The van der Waals surface area contributed by atoms with Gasteiger partial charge in [-0.1, -0.05) is 12.1 Å². The number of hydrogen-bond acceptors (Lipinski definition) is 4. The maximum atomic E-state index is 13.3. The Bertz CT molecular complexity index is 612. The van der Waals surface area contributed by atoms with E-state index in [1.165, 1.54) is 6.07 Å². The summed E-state index contributed by atoms with van der Waals surface area (Å²) in [5.41, 5.74) is 0.772. The van der Waals surface area contributed by atoms with Gasteiger partial charge in [0.15, 0.2) is 0 Å². The van der Waals surface area contributed by atoms with Crippen LogP contribution in [-0.4, -0.2) is 34.8 Å². The van der Waals surface area contributed by atoms with Crippen molar-refractivity contribution in [1.82, 2.24) is 9.97 Å². The Morgan fingerprint density at radius 3 is 2.68 bits per heavy atom. The highest BCUT2D eigenvalue weighted by Crippen LogP contribution is 2.35. The number of aliphatic hydroxyl groups is 1. The molecule has 0 atom stereocenters. The lowest BCUT2D eigenvalue weighted by Crippen LogP contribution is -2.43. The zero-order valence-electron chi connectivity index (χ0n) is 12.5. The monoisotopic (exact) mass is 301 g/mol. The summed E-state index contributed by atoms with van der Waals surface area (Å²) in [4.78, 5) is 10.6. The van der Waals surface area contributed by atoms with Crippen molar-refractivity contribution in [2.45, 2.75) is 19.3 Å². The van der Waals surface area contributed by atoms with Gasteiger partial charge in [0.05, 0.1) is 6.20 Å². The highest BCUT2D eigenvalue weighted by atomic mass is 19.1. The summed E-state index contributed by atoms with van der Waals surface area (Å²) in [6.45, 7) is 1.78. The van der Waals surface area contributed by atoms with Crippen LogP contribution in [0.3, 0.4) is 0 Å². The molecule has 5 heteroatoms. The maximum Gasteiger partial charge on any atom is 0.147 e. The summed E-state index contributed by atoms with van der Waals surface area (Å²) >= 11 is 0. The number of halogens is 1. The minimum absolute atomic E-state index is 0.123. The maximum absolute atomic E-state index is 13.3. The molecular formula is C17H20FN3O. The van der Waals surface area contributed by atoms with E-state index in [9.17, 15) is 9.50 Å². The third-order valence-corrected chi connectivity index (χ3v) is 4.50. The molecule has 2 heterocycles. The van der Waals surface area contributed by atoms with Crippen LogP contribution >= 0.6 is 0 Å². The van der Waals surface area contributed by atoms with Crippen LogP contribution in [0.4, 0.5) is 10.2 Å². The molecule has 0 unspecified atom stereocenters. The Morgan fingerprint density at radius 1 is 1.23 bits per heavy atom. The van der Waals surface area contributed by atoms with E-state index in [4.69, 9.17) is 0 Å². The minimum atomic E-state index is -0.220. The summed E-state index contributed by atoms with van der Waals surface area (Å²) in [6.07, 6.45) is 7.53. The molecule has 3 rings (SSSR count). The SMILES string of the molecule is OCC1(Cc2cccc(F)c2)CCN(c2cnccn2)CC1. The molecule has 1 N–H and O–H groups in total. The lowest BCUT2D eigenvalue weighted by molar-refractivity contribution is 0.0960. The fourth-order valence-corrected chi connectivity index (χ4v) is 3.14. The molecule has 0 aliphatic carbocycles. The number of hydrogen-bond donors (Lipinski definition) is 1. The van der Waals surface area contributed by atoms with E-state index in [0.29, 0.717) is 6.42 Å². The molecule has 1 fully saturated rings. The van der Waals surface area contributed by atoms with E-state index in [0.717, 1.165) is 37.3 Å². The van der Waals surface area contributed by atoms with Crippen molar-refractivity contribution in [2.24, 2.45) is 5.41 Å². The molecule has 1 aliphatic rings. The first kappa shape index (κ1) is 14.9. The number of aromatic nitrogens is 2. The average Bonchev–Trinajstić information content (AvgIpc) is 2.56. The highest BCUT2D eigenvalue weighted by molar-refractivity contribution is 5.36. The Balaban J connectivity index is 1.69. The number of rotatable bonds is 4. The second kappa shape index (κ2) is 6.40. The lowest BCUT2D eigenvalue weighted by Gasteiger charge is -2.41. The van der Waals surface area contributed by atoms with Crippen LogP contribution in [0, 0.1) is 11.2 Å². The van der Waals surface area contributed by atoms with Gasteiger partial charge in [-0.25, -0.2) is 9.37 Å². The number of nitrogens with zero attached hydrogens (tertiary/aromatic N) is 3. The molecular weight excluding hydrogens is 281 g/mol. The zero-order valence-corrected chi connectivity index (χ0v) is 12.5. The Labute approximate surface area is 129 Å². The van der Waals surface area contributed by atoms with Crippen LogP contribution in [0.25, 0.3) is 0 Å². The highest BCUT2D eigenvalue weighted by Gasteiger charge is 2.34. The van der Waals surface area contributed by atoms with E-state index in [1.54, 1.807) is 30.7 Å². The molecule has 116 valence electrons. The van der Waals surface area contributed by atoms with Crippen molar-refractivity contribution < 1.29 is 9.50 Å². The Morgan fingerprint density at radius 2 is 2.05 bits per heavy atom. The van der Waals surface area contributed by atoms with Gasteiger partial charge in [-0.05, 0) is 37.0 Å². The van der Waals surface area contributed by atoms with Crippen molar-refractivity contribution in [1.29, 1.82) is 0 Å². The lowest BCUT2D eigenvalue weighted by atomic mass is 9.74. The van der Waals surface area contributed by atoms with E-state index in [2.05, 4.69) is 14.9 Å². The smallest absolute Gasteiger partial charge is 0.147 e. The molecule has 1 saturated heterocycles. The molecule has 1 aromatic heterocycles. The van der Waals surface area contributed by atoms with Gasteiger partial charge in [0.2, 0.25) is 0 Å². The molecule has 0 amide bonds. The topological polar surface area (TPSA) is 49.2 Å². The second-order valence-corrected chi connectivity index (χ2v) is 6.02. The van der Waals surface area contributed by atoms with Gasteiger partial charge in [0.25, 0.3) is 0 Å². The van der Waals surface area contributed by atoms with Crippen molar-refractivity contribution in [3.05, 3.63) is 54.2 Å². The standard InChI is InChI=1S/C17H20FN3O/c18-15-3-1-2-14(10-15)11-17(13-22)4-8-21(9-5-17)16-12-19-6-7-20-16/h1-3,6-7,10,12,22H,4-5,8-9,11,13H2. The largest absolute Gasteiger partial charge is 0.396 e. The fraction of sp³-hybridized carbons (Fsp3) is 0.412. The summed E-state index contributed by atoms with van der Waals surface area (Å²) in [5.74, 6) is 0.655. The van der Waals surface area contributed by atoms with Crippen molar-refractivity contribution in [3.63, 3.8) is 0 Å². The van der Waals surface area contributed by atoms with Gasteiger partial charge in [-0.2, -0.15) is 0 Å². The minimum Gasteiger partial charge on any atom is -0.396 e. The number of aliphatic hydroxyl groups excluding tert-OH is 1. The number of piperidine rings is 1. The normalized spacial score (nSPS) is 17.5. The number of anilines is 1. The van der Waals surface area contributed by atoms with Crippen LogP contribution in [-0.2, 0) is 6.42 Å². The summed E-state index contributed by atoms with van der Waals surface area (Å²) in [7, 11) is 0. The van der Waals surface area contributed by atoms with Crippen molar-refractivity contribution >= 4 is 5.82 Å². The third kappa shape index (κ3) is 3.25. The van der Waals surface area contributed by atoms with E-state index in [-0.39, 0.29) is 17.8 Å². The van der Waals surface area contributed by atoms with Gasteiger partial charge >= 0.3 is 0 Å². The molecule has 0 radical (unpaired) electrons. The van der Waals surface area contributed by atoms with Gasteiger partial charge in [0.1, 0.15) is 11.6 Å². The first-order chi connectivity index (χ1) is 10.7. The van der Waals surface area contributed by atoms with E-state index < -0.39 is 0 Å². The first-order valence-electron chi connectivity index (χ1n) is 7.57. The Kier molecular flexibility index (Phi) is 4.34. The van der Waals surface area contributed by atoms with Crippen LogP contribution in [0.15, 0.2) is 42.9 Å². The van der Waals surface area contributed by atoms with Gasteiger partial charge in [0, 0.05) is 37.5 Å². The van der Waals surface area contributed by atoms with E-state index >= 15 is 0 Å². The Hall–Kier alpha value is -2.01. The molecule has 1 aromatic carbocycles. The zero-order chi connectivity index (χ0) is 15.4. The van der Waals surface area contributed by atoms with Crippen molar-refractivity contribution in [2.75, 3.05) is 24.6 Å². The second-order valence-electron chi connectivity index (χ2n) is 6.02. The summed E-state index contributed by atoms with van der Waals surface area (Å²) in [5, 5.41) is 9.89. The predicted octanol–water partition coefficient (Wildman–Crippen LogP) is 2.44.